The number of halogens is 1. The lowest BCUT2D eigenvalue weighted by molar-refractivity contribution is -0.149. The Bertz CT molecular complexity index is 491. The van der Waals surface area contributed by atoms with E-state index in [2.05, 4.69) is 0 Å². The van der Waals surface area contributed by atoms with E-state index >= 15 is 0 Å². The third-order valence-electron chi connectivity index (χ3n) is 3.05. The van der Waals surface area contributed by atoms with Gasteiger partial charge in [-0.1, -0.05) is 12.1 Å². The molecule has 1 fully saturated rings. The van der Waals surface area contributed by atoms with E-state index in [0.29, 0.717) is 19.4 Å². The molecule has 0 bridgehead atoms. The van der Waals surface area contributed by atoms with E-state index in [1.54, 1.807) is 6.07 Å². The van der Waals surface area contributed by atoms with Crippen LogP contribution in [0.15, 0.2) is 24.3 Å². The normalized spacial score (nSPS) is 18.4. The second-order valence-electron chi connectivity index (χ2n) is 4.30. The number of carboxylic acid groups (broad SMARTS) is 1. The van der Waals surface area contributed by atoms with Gasteiger partial charge in [-0.3, -0.25) is 4.79 Å². The Morgan fingerprint density at radius 1 is 1.42 bits per heavy atom. The van der Waals surface area contributed by atoms with Gasteiger partial charge in [-0.2, -0.15) is 0 Å². The number of benzene rings is 1. The Morgan fingerprint density at radius 3 is 2.84 bits per heavy atom. The van der Waals surface area contributed by atoms with E-state index in [0.717, 1.165) is 0 Å². The van der Waals surface area contributed by atoms with Gasteiger partial charge in [0.15, 0.2) is 18.2 Å². The zero-order valence-corrected chi connectivity index (χ0v) is 10.2. The zero-order valence-electron chi connectivity index (χ0n) is 10.2. The maximum Gasteiger partial charge on any atom is 0.326 e. The van der Waals surface area contributed by atoms with E-state index in [1.165, 1.54) is 23.1 Å². The molecule has 6 heteroatoms. The highest BCUT2D eigenvalue weighted by Crippen LogP contribution is 2.19. The van der Waals surface area contributed by atoms with Crippen LogP contribution < -0.4 is 4.74 Å². The van der Waals surface area contributed by atoms with Crippen LogP contribution in [0, 0.1) is 5.82 Å². The first kappa shape index (κ1) is 13.3. The molecule has 1 heterocycles. The topological polar surface area (TPSA) is 66.8 Å². The van der Waals surface area contributed by atoms with Crippen LogP contribution in [0.4, 0.5) is 4.39 Å². The van der Waals surface area contributed by atoms with Crippen molar-refractivity contribution in [2.45, 2.75) is 18.9 Å². The number of likely N-dealkylation sites (tertiary alicyclic amines) is 1. The Kier molecular flexibility index (Phi) is 3.99. The monoisotopic (exact) mass is 267 g/mol. The second kappa shape index (κ2) is 5.69. The molecule has 2 rings (SSSR count). The number of nitrogens with zero attached hydrogens (tertiary/aromatic N) is 1. The molecule has 1 amide bonds. The second-order valence-corrected chi connectivity index (χ2v) is 4.30. The molecule has 0 unspecified atom stereocenters. The largest absolute Gasteiger partial charge is 0.481 e. The summed E-state index contributed by atoms with van der Waals surface area (Å²) in [4.78, 5) is 24.1. The van der Waals surface area contributed by atoms with Crippen molar-refractivity contribution in [3.05, 3.63) is 30.1 Å². The Balaban J connectivity index is 1.95. The third-order valence-corrected chi connectivity index (χ3v) is 3.05. The molecule has 0 radical (unpaired) electrons. The van der Waals surface area contributed by atoms with Gasteiger partial charge < -0.3 is 14.7 Å². The summed E-state index contributed by atoms with van der Waals surface area (Å²) in [5.41, 5.74) is 0. The summed E-state index contributed by atoms with van der Waals surface area (Å²) in [7, 11) is 0. The van der Waals surface area contributed by atoms with E-state index in [9.17, 15) is 14.0 Å². The fraction of sp³-hybridized carbons (Fsp3) is 0.385. The first-order valence-electron chi connectivity index (χ1n) is 5.99. The number of carbonyl (C=O) groups is 2. The summed E-state index contributed by atoms with van der Waals surface area (Å²) >= 11 is 0. The van der Waals surface area contributed by atoms with E-state index in [-0.39, 0.29) is 12.4 Å². The predicted octanol–water partition coefficient (Wildman–Crippen LogP) is 1.28. The average molecular weight is 267 g/mol. The molecule has 0 spiro atoms. The molecule has 1 aliphatic rings. The van der Waals surface area contributed by atoms with Gasteiger partial charge >= 0.3 is 5.97 Å². The molecule has 0 saturated carbocycles. The van der Waals surface area contributed by atoms with Crippen molar-refractivity contribution in [2.24, 2.45) is 0 Å². The quantitative estimate of drug-likeness (QED) is 0.892. The van der Waals surface area contributed by atoms with Gasteiger partial charge in [0.05, 0.1) is 0 Å². The molecule has 0 aliphatic carbocycles. The standard InChI is InChI=1S/C13H14FNO4/c14-9-4-1-2-6-11(9)19-8-12(16)15-7-3-5-10(15)13(17)18/h1-2,4,6,10H,3,5,7-8H2,(H,17,18)/t10-/m1/s1. The van der Waals surface area contributed by atoms with Gasteiger partial charge in [-0.15, -0.1) is 0 Å². The van der Waals surface area contributed by atoms with Crippen LogP contribution in [-0.4, -0.2) is 41.1 Å². The lowest BCUT2D eigenvalue weighted by Gasteiger charge is -2.21. The number of aliphatic carboxylic acids is 1. The zero-order chi connectivity index (χ0) is 13.8. The number of hydrogen-bond acceptors (Lipinski definition) is 3. The van der Waals surface area contributed by atoms with Crippen LogP contribution in [0.2, 0.25) is 0 Å². The summed E-state index contributed by atoms with van der Waals surface area (Å²) in [5, 5.41) is 8.97. The molecule has 1 aromatic rings. The summed E-state index contributed by atoms with van der Waals surface area (Å²) in [6.45, 7) is 0.0428. The molecule has 5 nitrogen and oxygen atoms in total. The number of hydrogen-bond donors (Lipinski definition) is 1. The van der Waals surface area contributed by atoms with Crippen molar-refractivity contribution in [3.63, 3.8) is 0 Å². The molecule has 1 aliphatic heterocycles. The fourth-order valence-electron chi connectivity index (χ4n) is 2.11. The summed E-state index contributed by atoms with van der Waals surface area (Å²) in [6.07, 6.45) is 1.10. The van der Waals surface area contributed by atoms with Crippen molar-refractivity contribution in [3.8, 4) is 5.75 Å². The van der Waals surface area contributed by atoms with Crippen LogP contribution in [0.25, 0.3) is 0 Å². The lowest BCUT2D eigenvalue weighted by atomic mass is 10.2. The molecule has 1 aromatic carbocycles. The first-order chi connectivity index (χ1) is 9.09. The first-order valence-corrected chi connectivity index (χ1v) is 5.99. The van der Waals surface area contributed by atoms with Gasteiger partial charge in [-0.05, 0) is 25.0 Å². The molecule has 0 aromatic heterocycles. The van der Waals surface area contributed by atoms with Crippen molar-refractivity contribution >= 4 is 11.9 Å². The van der Waals surface area contributed by atoms with Gasteiger partial charge in [0.25, 0.3) is 5.91 Å². The average Bonchev–Trinajstić information content (AvgIpc) is 2.87. The lowest BCUT2D eigenvalue weighted by Crippen LogP contribution is -2.42. The van der Waals surface area contributed by atoms with E-state index in [1.807, 2.05) is 0 Å². The molecular formula is C13H14FNO4. The highest BCUT2D eigenvalue weighted by molar-refractivity contribution is 5.85. The molecule has 1 atom stereocenters. The van der Waals surface area contributed by atoms with Crippen LogP contribution in [0.1, 0.15) is 12.8 Å². The molecule has 19 heavy (non-hydrogen) atoms. The number of amides is 1. The number of carboxylic acids is 1. The minimum absolute atomic E-state index is 0.0121. The third kappa shape index (κ3) is 3.01. The fourth-order valence-corrected chi connectivity index (χ4v) is 2.11. The van der Waals surface area contributed by atoms with Gasteiger partial charge in [0, 0.05) is 6.54 Å². The molecule has 1 saturated heterocycles. The van der Waals surface area contributed by atoms with E-state index < -0.39 is 23.7 Å². The van der Waals surface area contributed by atoms with Crippen molar-refractivity contribution in [1.29, 1.82) is 0 Å². The van der Waals surface area contributed by atoms with Crippen LogP contribution >= 0.6 is 0 Å². The predicted molar refractivity (Wildman–Crippen MR) is 64.3 cm³/mol. The van der Waals surface area contributed by atoms with Crippen molar-refractivity contribution in [2.75, 3.05) is 13.2 Å². The van der Waals surface area contributed by atoms with Gasteiger partial charge in [0.2, 0.25) is 0 Å². The Hall–Kier alpha value is -2.11. The van der Waals surface area contributed by atoms with Crippen LogP contribution in [0.5, 0.6) is 5.75 Å². The number of carbonyl (C=O) groups excluding carboxylic acids is 1. The molecular weight excluding hydrogens is 253 g/mol. The maximum atomic E-state index is 13.3. The summed E-state index contributed by atoms with van der Waals surface area (Å²) in [6, 6.07) is 4.97. The molecule has 1 N–H and O–H groups in total. The van der Waals surface area contributed by atoms with Crippen molar-refractivity contribution < 1.29 is 23.8 Å². The van der Waals surface area contributed by atoms with Crippen LogP contribution in [0.3, 0.4) is 0 Å². The minimum atomic E-state index is -1.02. The maximum absolute atomic E-state index is 13.3. The SMILES string of the molecule is O=C(O)[C@H]1CCCN1C(=O)COc1ccccc1F. The summed E-state index contributed by atoms with van der Waals surface area (Å²) < 4.78 is 18.4. The highest BCUT2D eigenvalue weighted by atomic mass is 19.1. The number of para-hydroxylation sites is 1. The Morgan fingerprint density at radius 2 is 2.16 bits per heavy atom. The van der Waals surface area contributed by atoms with Gasteiger partial charge in [-0.25, -0.2) is 9.18 Å². The van der Waals surface area contributed by atoms with Crippen LogP contribution in [-0.2, 0) is 9.59 Å². The minimum Gasteiger partial charge on any atom is -0.481 e. The smallest absolute Gasteiger partial charge is 0.326 e. The highest BCUT2D eigenvalue weighted by Gasteiger charge is 2.33. The van der Waals surface area contributed by atoms with Gasteiger partial charge in [0.1, 0.15) is 6.04 Å². The van der Waals surface area contributed by atoms with Crippen molar-refractivity contribution in [1.82, 2.24) is 4.90 Å². The number of rotatable bonds is 4. The Labute approximate surface area is 109 Å². The van der Waals surface area contributed by atoms with E-state index in [4.69, 9.17) is 9.84 Å². The molecule has 102 valence electrons. The summed E-state index contributed by atoms with van der Waals surface area (Å²) in [5.74, 6) is -2.02. The number of ether oxygens (including phenoxy) is 1.